The van der Waals surface area contributed by atoms with Gasteiger partial charge in [0.2, 0.25) is 5.95 Å². The lowest BCUT2D eigenvalue weighted by Gasteiger charge is -2.30. The summed E-state index contributed by atoms with van der Waals surface area (Å²) in [5, 5.41) is 24.2. The minimum Gasteiger partial charge on any atom is -0.481 e. The molecule has 11 heteroatoms. The molecule has 2 N–H and O–H groups in total. The number of carbonyl (C=O) groups is 1. The minimum atomic E-state index is -0.768. The lowest BCUT2D eigenvalue weighted by Crippen LogP contribution is -2.37. The average Bonchev–Trinajstić information content (AvgIpc) is 3.12. The Hall–Kier alpha value is -2.98. The first-order valence-electron chi connectivity index (χ1n) is 9.33. The second-order valence-corrected chi connectivity index (χ2v) is 8.68. The number of rotatable bonds is 6. The summed E-state index contributed by atoms with van der Waals surface area (Å²) in [5.41, 5.74) is 0.781. The van der Waals surface area contributed by atoms with Crippen molar-refractivity contribution in [3.8, 4) is 0 Å². The predicted molar refractivity (Wildman–Crippen MR) is 115 cm³/mol. The zero-order valence-electron chi connectivity index (χ0n) is 15.7. The van der Waals surface area contributed by atoms with Crippen LogP contribution in [0.1, 0.15) is 18.4 Å². The molecule has 0 atom stereocenters. The largest absolute Gasteiger partial charge is 0.481 e. The van der Waals surface area contributed by atoms with Crippen molar-refractivity contribution in [1.29, 1.82) is 0 Å². The van der Waals surface area contributed by atoms with E-state index < -0.39 is 10.9 Å². The van der Waals surface area contributed by atoms with Crippen LogP contribution in [0.15, 0.2) is 30.3 Å². The van der Waals surface area contributed by atoms with E-state index in [1.807, 2.05) is 4.90 Å². The third kappa shape index (κ3) is 4.29. The molecule has 1 aliphatic heterocycles. The number of hydrogen-bond donors (Lipinski definition) is 2. The molecule has 3 aromatic rings. The average molecular weight is 448 g/mol. The van der Waals surface area contributed by atoms with Gasteiger partial charge in [-0.25, -0.2) is 4.98 Å². The zero-order valence-corrected chi connectivity index (χ0v) is 17.3. The highest BCUT2D eigenvalue weighted by Crippen LogP contribution is 2.34. The molecule has 1 fully saturated rings. The van der Waals surface area contributed by atoms with Crippen LogP contribution in [-0.2, 0) is 11.3 Å². The van der Waals surface area contributed by atoms with Crippen LogP contribution >= 0.6 is 22.9 Å². The maximum atomic E-state index is 11.2. The summed E-state index contributed by atoms with van der Waals surface area (Å²) in [6.45, 7) is 1.47. The summed E-state index contributed by atoms with van der Waals surface area (Å²) >= 11 is 7.53. The van der Waals surface area contributed by atoms with Gasteiger partial charge in [-0.2, -0.15) is 4.98 Å². The number of carboxylic acid groups (broad SMARTS) is 1. The SMILES string of the molecule is O=C(O)C1CCN(c2nc(NCc3cccc([N+](=O)[O-])c3)c3cc(Cl)sc3n2)CC1. The highest BCUT2D eigenvalue weighted by atomic mass is 35.5. The van der Waals surface area contributed by atoms with E-state index in [4.69, 9.17) is 11.6 Å². The van der Waals surface area contributed by atoms with E-state index in [0.717, 1.165) is 15.8 Å². The van der Waals surface area contributed by atoms with Crippen molar-refractivity contribution in [2.45, 2.75) is 19.4 Å². The van der Waals surface area contributed by atoms with Crippen molar-refractivity contribution >= 4 is 56.6 Å². The van der Waals surface area contributed by atoms with E-state index in [1.165, 1.54) is 23.5 Å². The van der Waals surface area contributed by atoms with Crippen LogP contribution in [0.5, 0.6) is 0 Å². The van der Waals surface area contributed by atoms with Gasteiger partial charge in [0.15, 0.2) is 0 Å². The monoisotopic (exact) mass is 447 g/mol. The Morgan fingerprint density at radius 1 is 1.33 bits per heavy atom. The second kappa shape index (κ2) is 8.41. The number of anilines is 2. The maximum Gasteiger partial charge on any atom is 0.306 e. The number of carboxylic acids is 1. The van der Waals surface area contributed by atoms with Crippen molar-refractivity contribution in [2.75, 3.05) is 23.3 Å². The van der Waals surface area contributed by atoms with Crippen LogP contribution in [-0.4, -0.2) is 39.1 Å². The number of aliphatic carboxylic acids is 1. The van der Waals surface area contributed by atoms with Gasteiger partial charge in [-0.3, -0.25) is 14.9 Å². The Labute approximate surface area is 180 Å². The first kappa shape index (κ1) is 20.3. The van der Waals surface area contributed by atoms with E-state index in [9.17, 15) is 20.0 Å². The van der Waals surface area contributed by atoms with Crippen molar-refractivity contribution in [3.05, 3.63) is 50.3 Å². The number of non-ortho nitro benzene ring substituents is 1. The van der Waals surface area contributed by atoms with Gasteiger partial charge in [0, 0.05) is 31.8 Å². The third-order valence-electron chi connectivity index (χ3n) is 5.06. The number of thiophene rings is 1. The number of nitrogens with zero attached hydrogens (tertiary/aromatic N) is 4. The Morgan fingerprint density at radius 3 is 2.80 bits per heavy atom. The van der Waals surface area contributed by atoms with Gasteiger partial charge in [0.25, 0.3) is 5.69 Å². The first-order valence-corrected chi connectivity index (χ1v) is 10.5. The van der Waals surface area contributed by atoms with Gasteiger partial charge in [-0.15, -0.1) is 11.3 Å². The van der Waals surface area contributed by atoms with Gasteiger partial charge >= 0.3 is 5.97 Å². The summed E-state index contributed by atoms with van der Waals surface area (Å²) < 4.78 is 0.583. The standard InChI is InChI=1S/C19H18ClN5O4S/c20-15-9-14-16(21-10-11-2-1-3-13(8-11)25(28)29)22-19(23-17(14)30-15)24-6-4-12(5-7-24)18(26)27/h1-3,8-9,12H,4-7,10H2,(H,26,27)(H,21,22,23). The van der Waals surface area contributed by atoms with Crippen LogP contribution in [0.25, 0.3) is 10.2 Å². The summed E-state index contributed by atoms with van der Waals surface area (Å²) in [7, 11) is 0. The zero-order chi connectivity index (χ0) is 21.3. The number of benzene rings is 1. The number of nitro benzene ring substituents is 1. The molecule has 156 valence electrons. The number of fused-ring (bicyclic) bond motifs is 1. The summed E-state index contributed by atoms with van der Waals surface area (Å²) in [6, 6.07) is 8.20. The molecular formula is C19H18ClN5O4S. The van der Waals surface area contributed by atoms with Crippen molar-refractivity contribution < 1.29 is 14.8 Å². The summed E-state index contributed by atoms with van der Waals surface area (Å²) in [6.07, 6.45) is 1.08. The van der Waals surface area contributed by atoms with E-state index in [-0.39, 0.29) is 11.6 Å². The van der Waals surface area contributed by atoms with Crippen LogP contribution in [0.2, 0.25) is 4.34 Å². The third-order valence-corrected chi connectivity index (χ3v) is 6.22. The molecule has 0 spiro atoms. The lowest BCUT2D eigenvalue weighted by atomic mass is 9.97. The number of piperidine rings is 1. The van der Waals surface area contributed by atoms with E-state index >= 15 is 0 Å². The first-order chi connectivity index (χ1) is 14.4. The highest BCUT2D eigenvalue weighted by molar-refractivity contribution is 7.22. The normalized spacial score (nSPS) is 14.8. The molecule has 4 rings (SSSR count). The molecule has 3 heterocycles. The lowest BCUT2D eigenvalue weighted by molar-refractivity contribution is -0.384. The van der Waals surface area contributed by atoms with E-state index in [0.29, 0.717) is 48.6 Å². The Balaban J connectivity index is 1.58. The molecule has 0 bridgehead atoms. The van der Waals surface area contributed by atoms with Gasteiger partial charge in [-0.1, -0.05) is 23.7 Å². The number of halogens is 1. The molecule has 9 nitrogen and oxygen atoms in total. The quantitative estimate of drug-likeness (QED) is 0.426. The van der Waals surface area contributed by atoms with E-state index in [2.05, 4.69) is 15.3 Å². The molecule has 1 aromatic carbocycles. The molecule has 1 aliphatic rings. The molecule has 0 aliphatic carbocycles. The molecule has 0 unspecified atom stereocenters. The topological polar surface area (TPSA) is 121 Å². The smallest absolute Gasteiger partial charge is 0.306 e. The fraction of sp³-hybridized carbons (Fsp3) is 0.316. The number of nitrogens with one attached hydrogen (secondary N) is 1. The van der Waals surface area contributed by atoms with Crippen molar-refractivity contribution in [1.82, 2.24) is 9.97 Å². The van der Waals surface area contributed by atoms with E-state index in [1.54, 1.807) is 18.2 Å². The fourth-order valence-corrected chi connectivity index (χ4v) is 4.53. The Morgan fingerprint density at radius 2 is 2.10 bits per heavy atom. The molecule has 0 radical (unpaired) electrons. The maximum absolute atomic E-state index is 11.2. The van der Waals surface area contributed by atoms with Crippen LogP contribution < -0.4 is 10.2 Å². The molecule has 2 aromatic heterocycles. The Kier molecular flexibility index (Phi) is 5.69. The van der Waals surface area contributed by atoms with Crippen LogP contribution in [0.4, 0.5) is 17.5 Å². The van der Waals surface area contributed by atoms with Gasteiger partial charge < -0.3 is 15.3 Å². The van der Waals surface area contributed by atoms with Gasteiger partial charge in [0.05, 0.1) is 20.6 Å². The highest BCUT2D eigenvalue weighted by Gasteiger charge is 2.26. The molecular weight excluding hydrogens is 430 g/mol. The Bertz CT molecular complexity index is 1110. The van der Waals surface area contributed by atoms with Crippen molar-refractivity contribution in [3.63, 3.8) is 0 Å². The molecule has 0 amide bonds. The van der Waals surface area contributed by atoms with Gasteiger partial charge in [-0.05, 0) is 24.5 Å². The molecule has 0 saturated carbocycles. The fourth-order valence-electron chi connectivity index (χ4n) is 3.45. The van der Waals surface area contributed by atoms with Crippen LogP contribution in [0.3, 0.4) is 0 Å². The van der Waals surface area contributed by atoms with Crippen LogP contribution in [0, 0.1) is 16.0 Å². The number of nitro groups is 1. The predicted octanol–water partition coefficient (Wildman–Crippen LogP) is 4.17. The summed E-state index contributed by atoms with van der Waals surface area (Å²) in [4.78, 5) is 33.7. The second-order valence-electron chi connectivity index (χ2n) is 7.02. The number of aromatic nitrogens is 2. The minimum absolute atomic E-state index is 0.0303. The summed E-state index contributed by atoms with van der Waals surface area (Å²) in [5.74, 6) is -0.000545. The number of hydrogen-bond acceptors (Lipinski definition) is 8. The van der Waals surface area contributed by atoms with Gasteiger partial charge in [0.1, 0.15) is 10.6 Å². The molecule has 30 heavy (non-hydrogen) atoms. The molecule has 1 saturated heterocycles. The van der Waals surface area contributed by atoms with Crippen molar-refractivity contribution in [2.24, 2.45) is 5.92 Å².